The molecule has 8 heteroatoms. The molecular weight excluding hydrogens is 308 g/mol. The molecule has 0 radical (unpaired) electrons. The van der Waals surface area contributed by atoms with Crippen LogP contribution in [-0.2, 0) is 9.53 Å². The highest BCUT2D eigenvalue weighted by molar-refractivity contribution is 5.96. The van der Waals surface area contributed by atoms with Crippen molar-refractivity contribution in [3.05, 3.63) is 29.8 Å². The van der Waals surface area contributed by atoms with E-state index in [1.54, 1.807) is 0 Å². The molecule has 0 fully saturated rings. The van der Waals surface area contributed by atoms with Gasteiger partial charge in [-0.25, -0.2) is 4.79 Å². The lowest BCUT2D eigenvalue weighted by molar-refractivity contribution is -0.313. The Labute approximate surface area is 124 Å². The van der Waals surface area contributed by atoms with E-state index in [1.165, 1.54) is 12.1 Å². The summed E-state index contributed by atoms with van der Waals surface area (Å²) in [7, 11) is 0.404. The van der Waals surface area contributed by atoms with Gasteiger partial charge in [-0.3, -0.25) is 4.79 Å². The maximum absolute atomic E-state index is 13.5. The zero-order valence-electron chi connectivity index (χ0n) is 11.9. The van der Waals surface area contributed by atoms with Crippen LogP contribution < -0.4 is 4.74 Å². The van der Waals surface area contributed by atoms with Gasteiger partial charge in [0.15, 0.2) is 5.78 Å². The van der Waals surface area contributed by atoms with E-state index in [4.69, 9.17) is 0 Å². The van der Waals surface area contributed by atoms with Gasteiger partial charge in [0.25, 0.3) is 0 Å². The van der Waals surface area contributed by atoms with Crippen molar-refractivity contribution >= 4 is 11.8 Å². The molecule has 22 heavy (non-hydrogen) atoms. The van der Waals surface area contributed by atoms with Crippen molar-refractivity contribution in [3.63, 3.8) is 0 Å². The van der Waals surface area contributed by atoms with Crippen LogP contribution in [0.3, 0.4) is 0 Å². The van der Waals surface area contributed by atoms with Crippen LogP contribution in [0.15, 0.2) is 24.3 Å². The quantitative estimate of drug-likeness (QED) is 0.348. The molecule has 0 amide bonds. The maximum atomic E-state index is 13.5. The standard InChI is InChI=1S/C14H14F4O4/c1-3-4-11(19)9-5-7-10(8-6-9)22-12(20)13(15,21-2)14(16,17)18/h5-8H,3-4H2,1-2H3/t13-/m0/s1. The monoisotopic (exact) mass is 322 g/mol. The second kappa shape index (κ2) is 6.87. The molecule has 0 aliphatic rings. The zero-order valence-corrected chi connectivity index (χ0v) is 11.9. The van der Waals surface area contributed by atoms with Crippen molar-refractivity contribution in [2.75, 3.05) is 7.11 Å². The Morgan fingerprint density at radius 1 is 1.09 bits per heavy atom. The second-order valence-electron chi connectivity index (χ2n) is 4.38. The summed E-state index contributed by atoms with van der Waals surface area (Å²) in [6, 6.07) is 4.77. The fraction of sp³-hybridized carbons (Fsp3) is 0.429. The highest BCUT2D eigenvalue weighted by Crippen LogP contribution is 2.36. The Morgan fingerprint density at radius 2 is 1.64 bits per heavy atom. The molecule has 122 valence electrons. The van der Waals surface area contributed by atoms with Crippen LogP contribution in [0.2, 0.25) is 0 Å². The predicted molar refractivity (Wildman–Crippen MR) is 68.2 cm³/mol. The number of carbonyl (C=O) groups is 2. The average molecular weight is 322 g/mol. The van der Waals surface area contributed by atoms with Crippen LogP contribution in [-0.4, -0.2) is 30.9 Å². The fourth-order valence-electron chi connectivity index (χ4n) is 1.57. The minimum Gasteiger partial charge on any atom is -0.422 e. The summed E-state index contributed by atoms with van der Waals surface area (Å²) >= 11 is 0. The molecule has 1 aromatic rings. The Kier molecular flexibility index (Phi) is 5.65. The maximum Gasteiger partial charge on any atom is 0.460 e. The number of Topliss-reactive ketones (excluding diaryl/α,β-unsaturated/α-hetero) is 1. The second-order valence-corrected chi connectivity index (χ2v) is 4.38. The first-order valence-electron chi connectivity index (χ1n) is 6.32. The molecule has 0 saturated carbocycles. The number of ether oxygens (including phenoxy) is 2. The van der Waals surface area contributed by atoms with Crippen molar-refractivity contribution in [3.8, 4) is 5.75 Å². The highest BCUT2D eigenvalue weighted by atomic mass is 19.4. The topological polar surface area (TPSA) is 52.6 Å². The van der Waals surface area contributed by atoms with Crippen LogP contribution in [0, 0.1) is 0 Å². The summed E-state index contributed by atoms with van der Waals surface area (Å²) in [6.45, 7) is 1.82. The zero-order chi connectivity index (χ0) is 17.0. The molecule has 1 atom stereocenters. The van der Waals surface area contributed by atoms with Crippen LogP contribution in [0.25, 0.3) is 0 Å². The van der Waals surface area contributed by atoms with Gasteiger partial charge in [-0.2, -0.15) is 17.6 Å². The van der Waals surface area contributed by atoms with Gasteiger partial charge in [-0.05, 0) is 30.7 Å². The number of hydrogen-bond acceptors (Lipinski definition) is 4. The lowest BCUT2D eigenvalue weighted by Crippen LogP contribution is -2.51. The Balaban J connectivity index is 2.87. The summed E-state index contributed by atoms with van der Waals surface area (Å²) in [4.78, 5) is 22.9. The van der Waals surface area contributed by atoms with Crippen molar-refractivity contribution < 1.29 is 36.6 Å². The third kappa shape index (κ3) is 3.82. The molecule has 0 heterocycles. The first-order valence-corrected chi connectivity index (χ1v) is 6.32. The molecule has 0 saturated heterocycles. The van der Waals surface area contributed by atoms with Gasteiger partial charge in [0.05, 0.1) is 0 Å². The highest BCUT2D eigenvalue weighted by Gasteiger charge is 2.64. The molecule has 0 spiro atoms. The summed E-state index contributed by atoms with van der Waals surface area (Å²) in [6.07, 6.45) is -4.63. The average Bonchev–Trinajstić information content (AvgIpc) is 2.46. The SMILES string of the molecule is CCCC(=O)c1ccc(OC(=O)[C@](F)(OC)C(F)(F)F)cc1. The number of halogens is 4. The van der Waals surface area contributed by atoms with E-state index in [2.05, 4.69) is 9.47 Å². The summed E-state index contributed by atoms with van der Waals surface area (Å²) < 4.78 is 58.9. The van der Waals surface area contributed by atoms with E-state index in [0.717, 1.165) is 12.1 Å². The fourth-order valence-corrected chi connectivity index (χ4v) is 1.57. The number of rotatable bonds is 6. The van der Waals surface area contributed by atoms with Gasteiger partial charge in [0.1, 0.15) is 5.75 Å². The van der Waals surface area contributed by atoms with Gasteiger partial charge in [-0.15, -0.1) is 0 Å². The number of esters is 1. The summed E-state index contributed by atoms with van der Waals surface area (Å²) in [5.74, 6) is -7.28. The molecule has 4 nitrogen and oxygen atoms in total. The Hall–Kier alpha value is -1.96. The largest absolute Gasteiger partial charge is 0.460 e. The smallest absolute Gasteiger partial charge is 0.422 e. The predicted octanol–water partition coefficient (Wildman–Crippen LogP) is 3.45. The number of hydrogen-bond donors (Lipinski definition) is 0. The number of alkyl halides is 4. The molecule has 0 bridgehead atoms. The van der Waals surface area contributed by atoms with E-state index >= 15 is 0 Å². The van der Waals surface area contributed by atoms with Crippen molar-refractivity contribution in [2.45, 2.75) is 31.8 Å². The van der Waals surface area contributed by atoms with Gasteiger partial charge >= 0.3 is 18.0 Å². The molecular formula is C14H14F4O4. The Morgan fingerprint density at radius 3 is 2.05 bits per heavy atom. The van der Waals surface area contributed by atoms with Crippen LogP contribution in [0.4, 0.5) is 17.6 Å². The Bertz CT molecular complexity index is 539. The minimum absolute atomic E-state index is 0.160. The van der Waals surface area contributed by atoms with Gasteiger partial charge in [0.2, 0.25) is 0 Å². The third-order valence-electron chi connectivity index (χ3n) is 2.77. The molecule has 0 unspecified atom stereocenters. The first-order chi connectivity index (χ1) is 10.2. The molecule has 0 aliphatic carbocycles. The van der Waals surface area contributed by atoms with E-state index in [9.17, 15) is 27.2 Å². The van der Waals surface area contributed by atoms with Crippen molar-refractivity contribution in [1.29, 1.82) is 0 Å². The third-order valence-corrected chi connectivity index (χ3v) is 2.77. The molecule has 1 aromatic carbocycles. The lowest BCUT2D eigenvalue weighted by atomic mass is 10.1. The van der Waals surface area contributed by atoms with E-state index in [-0.39, 0.29) is 11.5 Å². The summed E-state index contributed by atoms with van der Waals surface area (Å²) in [5.41, 5.74) is 0.315. The van der Waals surface area contributed by atoms with Crippen molar-refractivity contribution in [1.82, 2.24) is 0 Å². The van der Waals surface area contributed by atoms with Crippen LogP contribution in [0.5, 0.6) is 5.75 Å². The van der Waals surface area contributed by atoms with E-state index in [1.807, 2.05) is 6.92 Å². The van der Waals surface area contributed by atoms with Gasteiger partial charge in [0, 0.05) is 19.1 Å². The summed E-state index contributed by atoms with van der Waals surface area (Å²) in [5, 5.41) is 0. The number of carbonyl (C=O) groups excluding carboxylic acids is 2. The molecule has 0 aliphatic heterocycles. The first kappa shape index (κ1) is 18.1. The van der Waals surface area contributed by atoms with Crippen LogP contribution in [0.1, 0.15) is 30.1 Å². The van der Waals surface area contributed by atoms with E-state index in [0.29, 0.717) is 25.5 Å². The molecule has 1 rings (SSSR count). The van der Waals surface area contributed by atoms with Crippen molar-refractivity contribution in [2.24, 2.45) is 0 Å². The lowest BCUT2D eigenvalue weighted by Gasteiger charge is -2.23. The number of methoxy groups -OCH3 is 1. The van der Waals surface area contributed by atoms with Gasteiger partial charge < -0.3 is 9.47 Å². The van der Waals surface area contributed by atoms with Gasteiger partial charge in [-0.1, -0.05) is 6.92 Å². The molecule has 0 aromatic heterocycles. The van der Waals surface area contributed by atoms with E-state index < -0.39 is 18.0 Å². The number of ketones is 1. The number of benzene rings is 1. The minimum atomic E-state index is -5.57. The normalized spacial score (nSPS) is 14.3. The molecule has 0 N–H and O–H groups in total. The van der Waals surface area contributed by atoms with Crippen LogP contribution >= 0.6 is 0 Å².